The highest BCUT2D eigenvalue weighted by Crippen LogP contribution is 2.35. The predicted octanol–water partition coefficient (Wildman–Crippen LogP) is 1.31. The Labute approximate surface area is 167 Å². The molecule has 0 aliphatic carbocycles. The molecule has 2 aliphatic heterocycles. The number of aliphatic carboxylic acids is 2. The van der Waals surface area contributed by atoms with Crippen LogP contribution in [0.25, 0.3) is 5.57 Å². The van der Waals surface area contributed by atoms with Crippen molar-refractivity contribution in [3.05, 3.63) is 59.5 Å². The molecule has 0 amide bonds. The molecular weight excluding hydrogens is 376 g/mol. The number of carboxylic acids is 2. The highest BCUT2D eigenvalue weighted by Gasteiger charge is 2.28. The number of carbonyl (C=O) groups is 3. The second kappa shape index (κ2) is 8.70. The maximum absolute atomic E-state index is 12.6. The van der Waals surface area contributed by atoms with Crippen LogP contribution < -0.4 is 5.32 Å². The molecular formula is C20H22N4O5. The Morgan fingerprint density at radius 1 is 1.14 bits per heavy atom. The van der Waals surface area contributed by atoms with E-state index in [0.717, 1.165) is 43.0 Å². The topological polar surface area (TPSA) is 126 Å². The number of fused-ring (bicyclic) bond motifs is 2. The van der Waals surface area contributed by atoms with Gasteiger partial charge in [-0.3, -0.25) is 4.79 Å². The van der Waals surface area contributed by atoms with Crippen molar-refractivity contribution in [2.24, 2.45) is 7.05 Å². The number of imidazole rings is 1. The van der Waals surface area contributed by atoms with Crippen LogP contribution in [0.15, 0.2) is 42.4 Å². The number of rotatable bonds is 2. The van der Waals surface area contributed by atoms with Crippen molar-refractivity contribution in [2.75, 3.05) is 13.1 Å². The number of aromatic nitrogens is 3. The van der Waals surface area contributed by atoms with E-state index < -0.39 is 11.9 Å². The monoisotopic (exact) mass is 398 g/mol. The number of aryl methyl sites for hydroxylation is 1. The number of hydrogen-bond acceptors (Lipinski definition) is 5. The third-order valence-electron chi connectivity index (χ3n) is 4.79. The second-order valence-corrected chi connectivity index (χ2v) is 6.73. The molecule has 4 heterocycles. The average Bonchev–Trinajstić information content (AvgIpc) is 3.26. The molecule has 0 aromatic carbocycles. The van der Waals surface area contributed by atoms with E-state index in [1.165, 1.54) is 11.1 Å². The van der Waals surface area contributed by atoms with Gasteiger partial charge in [0.1, 0.15) is 5.82 Å². The van der Waals surface area contributed by atoms with Crippen molar-refractivity contribution in [2.45, 2.75) is 19.4 Å². The molecule has 1 saturated heterocycles. The summed E-state index contributed by atoms with van der Waals surface area (Å²) < 4.78 is 3.92. The number of nitrogens with one attached hydrogen (secondary N) is 1. The summed E-state index contributed by atoms with van der Waals surface area (Å²) in [7, 11) is 1.94. The Kier molecular flexibility index (Phi) is 6.08. The number of hydrogen-bond donors (Lipinski definition) is 3. The number of carboxylic acid groups (broad SMARTS) is 2. The molecule has 3 N–H and O–H groups in total. The second-order valence-electron chi connectivity index (χ2n) is 6.73. The summed E-state index contributed by atoms with van der Waals surface area (Å²) in [6.07, 6.45) is 8.82. The lowest BCUT2D eigenvalue weighted by atomic mass is 9.93. The fourth-order valence-electron chi connectivity index (χ4n) is 3.56. The average molecular weight is 398 g/mol. The van der Waals surface area contributed by atoms with Gasteiger partial charge in [0.05, 0.1) is 12.2 Å². The molecule has 2 aromatic rings. The van der Waals surface area contributed by atoms with E-state index in [2.05, 4.69) is 16.4 Å². The molecule has 1 fully saturated rings. The molecule has 0 saturated carbocycles. The Balaban J connectivity index is 0.000000258. The molecule has 29 heavy (non-hydrogen) atoms. The van der Waals surface area contributed by atoms with Gasteiger partial charge in [-0.1, -0.05) is 5.57 Å². The lowest BCUT2D eigenvalue weighted by molar-refractivity contribution is -0.134. The molecule has 0 unspecified atom stereocenters. The van der Waals surface area contributed by atoms with Crippen LogP contribution in [0.3, 0.4) is 0 Å². The first-order valence-corrected chi connectivity index (χ1v) is 9.15. The quantitative estimate of drug-likeness (QED) is 0.651. The number of Topliss-reactive ketones (excluding diaryl/α,β-unsaturated/α-hetero) is 1. The Hall–Kier alpha value is -3.46. The Bertz CT molecular complexity index is 988. The van der Waals surface area contributed by atoms with Gasteiger partial charge < -0.3 is 24.7 Å². The Morgan fingerprint density at radius 3 is 2.41 bits per heavy atom. The van der Waals surface area contributed by atoms with Gasteiger partial charge in [-0.2, -0.15) is 0 Å². The molecule has 2 aliphatic rings. The Morgan fingerprint density at radius 2 is 1.79 bits per heavy atom. The van der Waals surface area contributed by atoms with E-state index in [1.807, 2.05) is 28.6 Å². The standard InChI is InChI=1S/C16H18N4O.C4H4O4/c1-19-8-4-12-14(11-2-5-17-6-3-11)16-18-7-9-20(16)10-13(21)15(12)19;5-3(6)1-2-4(7)8/h4,7-9,17H,2-3,5-6,10H2,1H3;1-2H,(H,5,6)(H,7,8)/b;2-1+. The number of piperidine rings is 1. The molecule has 0 spiro atoms. The van der Waals surface area contributed by atoms with E-state index in [4.69, 9.17) is 10.2 Å². The van der Waals surface area contributed by atoms with Crippen molar-refractivity contribution in [3.63, 3.8) is 0 Å². The first-order chi connectivity index (χ1) is 13.9. The van der Waals surface area contributed by atoms with E-state index in [1.54, 1.807) is 6.20 Å². The van der Waals surface area contributed by atoms with Crippen LogP contribution in [0.4, 0.5) is 0 Å². The van der Waals surface area contributed by atoms with Crippen molar-refractivity contribution >= 4 is 23.3 Å². The van der Waals surface area contributed by atoms with Crippen molar-refractivity contribution < 1.29 is 24.6 Å². The van der Waals surface area contributed by atoms with Gasteiger partial charge in [0.25, 0.3) is 0 Å². The zero-order valence-electron chi connectivity index (χ0n) is 16.0. The molecule has 0 bridgehead atoms. The van der Waals surface area contributed by atoms with Gasteiger partial charge in [0.15, 0.2) is 5.78 Å². The number of nitrogens with zero attached hydrogens (tertiary/aromatic N) is 3. The van der Waals surface area contributed by atoms with Crippen LogP contribution in [0.5, 0.6) is 0 Å². The number of ketones is 1. The van der Waals surface area contributed by atoms with Gasteiger partial charge in [0, 0.05) is 48.9 Å². The normalized spacial score (nSPS) is 16.0. The molecule has 9 nitrogen and oxygen atoms in total. The van der Waals surface area contributed by atoms with Crippen LogP contribution in [0, 0.1) is 0 Å². The summed E-state index contributed by atoms with van der Waals surface area (Å²) in [4.78, 5) is 36.2. The van der Waals surface area contributed by atoms with Gasteiger partial charge in [-0.05, 0) is 32.0 Å². The van der Waals surface area contributed by atoms with Crippen LogP contribution in [0.2, 0.25) is 0 Å². The smallest absolute Gasteiger partial charge is 0.328 e. The lowest BCUT2D eigenvalue weighted by Crippen LogP contribution is -2.24. The maximum atomic E-state index is 12.6. The molecule has 0 radical (unpaired) electrons. The van der Waals surface area contributed by atoms with Gasteiger partial charge in [-0.15, -0.1) is 0 Å². The fraction of sp³-hybridized carbons (Fsp3) is 0.300. The summed E-state index contributed by atoms with van der Waals surface area (Å²) in [6.45, 7) is 2.36. The highest BCUT2D eigenvalue weighted by atomic mass is 16.4. The minimum absolute atomic E-state index is 0.154. The van der Waals surface area contributed by atoms with Crippen molar-refractivity contribution in [3.8, 4) is 0 Å². The van der Waals surface area contributed by atoms with Gasteiger partial charge in [-0.25, -0.2) is 14.6 Å². The van der Waals surface area contributed by atoms with E-state index >= 15 is 0 Å². The van der Waals surface area contributed by atoms with Crippen LogP contribution in [-0.4, -0.2) is 55.1 Å². The molecule has 152 valence electrons. The summed E-state index contributed by atoms with van der Waals surface area (Å²) in [5, 5.41) is 19.0. The van der Waals surface area contributed by atoms with Crippen LogP contribution in [0.1, 0.15) is 34.7 Å². The van der Waals surface area contributed by atoms with Gasteiger partial charge in [0.2, 0.25) is 0 Å². The summed E-state index contributed by atoms with van der Waals surface area (Å²) >= 11 is 0. The molecule has 4 rings (SSSR count). The predicted molar refractivity (Wildman–Crippen MR) is 105 cm³/mol. The molecule has 9 heteroatoms. The van der Waals surface area contributed by atoms with Crippen molar-refractivity contribution in [1.29, 1.82) is 0 Å². The first-order valence-electron chi connectivity index (χ1n) is 9.15. The van der Waals surface area contributed by atoms with E-state index in [9.17, 15) is 14.4 Å². The van der Waals surface area contributed by atoms with E-state index in [0.29, 0.717) is 18.7 Å². The molecule has 2 aromatic heterocycles. The third kappa shape index (κ3) is 4.52. The van der Waals surface area contributed by atoms with Gasteiger partial charge >= 0.3 is 11.9 Å². The minimum Gasteiger partial charge on any atom is -0.478 e. The first kappa shape index (κ1) is 20.3. The summed E-state index contributed by atoms with van der Waals surface area (Å²) in [5.74, 6) is -1.42. The fourth-order valence-corrected chi connectivity index (χ4v) is 3.56. The third-order valence-corrected chi connectivity index (χ3v) is 4.79. The van der Waals surface area contributed by atoms with E-state index in [-0.39, 0.29) is 5.78 Å². The maximum Gasteiger partial charge on any atom is 0.328 e. The van der Waals surface area contributed by atoms with Crippen LogP contribution in [-0.2, 0) is 23.2 Å². The largest absolute Gasteiger partial charge is 0.478 e. The van der Waals surface area contributed by atoms with Crippen molar-refractivity contribution in [1.82, 2.24) is 19.4 Å². The zero-order valence-corrected chi connectivity index (χ0v) is 16.0. The zero-order chi connectivity index (χ0) is 21.0. The SMILES string of the molecule is Cn1ccc2c1C(=O)Cn1ccnc1C2=C1CCNCC1.O=C(O)/C=C/C(=O)O. The van der Waals surface area contributed by atoms with Crippen LogP contribution >= 0.6 is 0 Å². The number of carbonyl (C=O) groups excluding carboxylic acids is 1. The highest BCUT2D eigenvalue weighted by molar-refractivity contribution is 6.02. The summed E-state index contributed by atoms with van der Waals surface area (Å²) in [5.41, 5.74) is 4.43. The molecule has 0 atom stereocenters. The lowest BCUT2D eigenvalue weighted by Gasteiger charge is -2.19. The summed E-state index contributed by atoms with van der Waals surface area (Å²) in [6, 6.07) is 2.06. The minimum atomic E-state index is -1.26.